The normalized spacial score (nSPS) is 10.2. The number of likely N-dealkylation sites (N-methyl/N-ethyl adjacent to an activating group) is 1. The molecule has 3 N–H and O–H groups in total. The van der Waals surface area contributed by atoms with E-state index in [1.165, 1.54) is 6.07 Å². The van der Waals surface area contributed by atoms with Crippen LogP contribution >= 0.6 is 0 Å². The van der Waals surface area contributed by atoms with Gasteiger partial charge in [-0.05, 0) is 31.2 Å². The second-order valence-electron chi connectivity index (χ2n) is 4.60. The van der Waals surface area contributed by atoms with Gasteiger partial charge in [-0.3, -0.25) is 4.79 Å². The third kappa shape index (κ3) is 3.72. The highest BCUT2D eigenvalue weighted by Gasteiger charge is 2.14. The molecule has 0 aliphatic heterocycles. The van der Waals surface area contributed by atoms with Crippen LogP contribution in [0.2, 0.25) is 0 Å². The van der Waals surface area contributed by atoms with Crippen LogP contribution in [0.4, 0.5) is 21.5 Å². The van der Waals surface area contributed by atoms with Crippen LogP contribution in [0.25, 0.3) is 0 Å². The van der Waals surface area contributed by atoms with Crippen molar-refractivity contribution in [3.8, 4) is 0 Å². The first-order valence-electron chi connectivity index (χ1n) is 6.75. The minimum absolute atomic E-state index is 0.0613. The van der Waals surface area contributed by atoms with Crippen LogP contribution in [0.1, 0.15) is 6.92 Å². The summed E-state index contributed by atoms with van der Waals surface area (Å²) in [5, 5.41) is 2.74. The summed E-state index contributed by atoms with van der Waals surface area (Å²) in [5.41, 5.74) is 7.25. The van der Waals surface area contributed by atoms with Gasteiger partial charge < -0.3 is 16.0 Å². The molecule has 0 atom stereocenters. The number of hydrogen-bond donors (Lipinski definition) is 2. The third-order valence-corrected chi connectivity index (χ3v) is 3.14. The number of nitrogens with two attached hydrogens (primary N) is 1. The summed E-state index contributed by atoms with van der Waals surface area (Å²) in [6.07, 6.45) is 0. The van der Waals surface area contributed by atoms with Crippen molar-refractivity contribution < 1.29 is 9.18 Å². The van der Waals surface area contributed by atoms with Crippen LogP contribution in [0, 0.1) is 5.82 Å². The zero-order chi connectivity index (χ0) is 15.2. The summed E-state index contributed by atoms with van der Waals surface area (Å²) in [5.74, 6) is -0.579. The number of para-hydroxylation sites is 3. The van der Waals surface area contributed by atoms with Gasteiger partial charge in [-0.25, -0.2) is 4.39 Å². The van der Waals surface area contributed by atoms with Crippen molar-refractivity contribution in [1.29, 1.82) is 0 Å². The van der Waals surface area contributed by atoms with Gasteiger partial charge in [-0.15, -0.1) is 0 Å². The van der Waals surface area contributed by atoms with Crippen LogP contribution in [0.3, 0.4) is 0 Å². The van der Waals surface area contributed by atoms with Crippen molar-refractivity contribution in [2.24, 2.45) is 0 Å². The molecule has 0 spiro atoms. The van der Waals surface area contributed by atoms with E-state index in [1.54, 1.807) is 47.4 Å². The predicted octanol–water partition coefficient (Wildman–Crippen LogP) is 2.87. The monoisotopic (exact) mass is 287 g/mol. The lowest BCUT2D eigenvalue weighted by Gasteiger charge is -2.23. The van der Waals surface area contributed by atoms with Gasteiger partial charge in [0.2, 0.25) is 5.91 Å². The Bertz CT molecular complexity index is 630. The van der Waals surface area contributed by atoms with E-state index in [-0.39, 0.29) is 18.3 Å². The molecule has 0 radical (unpaired) electrons. The first-order valence-corrected chi connectivity index (χ1v) is 6.75. The van der Waals surface area contributed by atoms with Crippen LogP contribution in [-0.2, 0) is 4.79 Å². The highest BCUT2D eigenvalue weighted by Crippen LogP contribution is 2.19. The van der Waals surface area contributed by atoms with E-state index in [0.717, 1.165) is 0 Å². The summed E-state index contributed by atoms with van der Waals surface area (Å²) >= 11 is 0. The van der Waals surface area contributed by atoms with Crippen molar-refractivity contribution in [2.45, 2.75) is 6.92 Å². The van der Waals surface area contributed by atoms with Gasteiger partial charge in [0.1, 0.15) is 5.82 Å². The van der Waals surface area contributed by atoms with E-state index in [1.807, 2.05) is 6.92 Å². The van der Waals surface area contributed by atoms with Crippen molar-refractivity contribution in [2.75, 3.05) is 29.0 Å². The minimum Gasteiger partial charge on any atom is -0.397 e. The molecule has 0 aromatic heterocycles. The van der Waals surface area contributed by atoms with Gasteiger partial charge in [0.25, 0.3) is 0 Å². The Hall–Kier alpha value is -2.56. The van der Waals surface area contributed by atoms with Crippen molar-refractivity contribution >= 4 is 23.0 Å². The maximum atomic E-state index is 13.8. The molecular weight excluding hydrogens is 269 g/mol. The molecule has 0 unspecified atom stereocenters. The van der Waals surface area contributed by atoms with Gasteiger partial charge in [0.15, 0.2) is 0 Å². The molecule has 0 aliphatic carbocycles. The molecule has 4 nitrogen and oxygen atoms in total. The molecule has 2 rings (SSSR count). The lowest BCUT2D eigenvalue weighted by molar-refractivity contribution is -0.115. The number of benzene rings is 2. The zero-order valence-electron chi connectivity index (χ0n) is 11.8. The van der Waals surface area contributed by atoms with Gasteiger partial charge in [-0.2, -0.15) is 0 Å². The lowest BCUT2D eigenvalue weighted by Crippen LogP contribution is -2.33. The number of nitrogen functional groups attached to an aromatic ring is 1. The molecule has 110 valence electrons. The number of hydrogen-bond acceptors (Lipinski definition) is 3. The first kappa shape index (κ1) is 14.8. The van der Waals surface area contributed by atoms with E-state index >= 15 is 0 Å². The number of carbonyl (C=O) groups excluding carboxylic acids is 1. The van der Waals surface area contributed by atoms with Crippen molar-refractivity contribution in [1.82, 2.24) is 0 Å². The number of nitrogens with one attached hydrogen (secondary N) is 1. The second kappa shape index (κ2) is 6.74. The fourth-order valence-electron chi connectivity index (χ4n) is 2.05. The maximum absolute atomic E-state index is 13.8. The Morgan fingerprint density at radius 2 is 1.86 bits per heavy atom. The molecule has 5 heteroatoms. The molecule has 0 saturated heterocycles. The van der Waals surface area contributed by atoms with Crippen LogP contribution < -0.4 is 16.0 Å². The standard InChI is InChI=1S/C16H18FN3O/c1-2-20(15-10-6-3-7-12(15)17)11-16(21)19-14-9-5-4-8-13(14)18/h3-10H,2,11,18H2,1H3,(H,19,21). The molecule has 0 aliphatic rings. The van der Waals surface area contributed by atoms with Crippen LogP contribution in [0.15, 0.2) is 48.5 Å². The Kier molecular flexibility index (Phi) is 4.77. The molecule has 0 bridgehead atoms. The Morgan fingerprint density at radius 3 is 2.52 bits per heavy atom. The fourth-order valence-corrected chi connectivity index (χ4v) is 2.05. The summed E-state index contributed by atoms with van der Waals surface area (Å²) < 4.78 is 13.8. The quantitative estimate of drug-likeness (QED) is 0.831. The van der Waals surface area contributed by atoms with Crippen molar-refractivity contribution in [3.63, 3.8) is 0 Å². The Morgan fingerprint density at radius 1 is 1.19 bits per heavy atom. The summed E-state index contributed by atoms with van der Waals surface area (Å²) in [7, 11) is 0. The number of carbonyl (C=O) groups is 1. The largest absolute Gasteiger partial charge is 0.397 e. The van der Waals surface area contributed by atoms with Gasteiger partial charge in [-0.1, -0.05) is 24.3 Å². The number of rotatable bonds is 5. The van der Waals surface area contributed by atoms with Crippen LogP contribution in [-0.4, -0.2) is 19.0 Å². The molecule has 21 heavy (non-hydrogen) atoms. The predicted molar refractivity (Wildman–Crippen MR) is 83.8 cm³/mol. The number of anilines is 3. The highest BCUT2D eigenvalue weighted by atomic mass is 19.1. The van der Waals surface area contributed by atoms with Gasteiger partial charge in [0.05, 0.1) is 23.6 Å². The summed E-state index contributed by atoms with van der Waals surface area (Å²) in [4.78, 5) is 13.8. The van der Waals surface area contributed by atoms with E-state index < -0.39 is 0 Å². The minimum atomic E-state index is -0.341. The molecule has 0 fully saturated rings. The van der Waals surface area contributed by atoms with Gasteiger partial charge in [0, 0.05) is 6.54 Å². The second-order valence-corrected chi connectivity index (χ2v) is 4.60. The molecule has 0 heterocycles. The van der Waals surface area contributed by atoms with E-state index in [0.29, 0.717) is 23.6 Å². The summed E-state index contributed by atoms with van der Waals surface area (Å²) in [6.45, 7) is 2.46. The topological polar surface area (TPSA) is 58.4 Å². The molecule has 1 amide bonds. The van der Waals surface area contributed by atoms with Crippen molar-refractivity contribution in [3.05, 3.63) is 54.3 Å². The first-order chi connectivity index (χ1) is 10.1. The van der Waals surface area contributed by atoms with Gasteiger partial charge >= 0.3 is 0 Å². The zero-order valence-corrected chi connectivity index (χ0v) is 11.8. The molecule has 0 saturated carbocycles. The number of halogens is 1. The lowest BCUT2D eigenvalue weighted by atomic mass is 10.2. The number of nitrogens with zero attached hydrogens (tertiary/aromatic N) is 1. The van der Waals surface area contributed by atoms with E-state index in [4.69, 9.17) is 5.73 Å². The molecule has 2 aromatic rings. The molecule has 2 aromatic carbocycles. The Labute approximate surface area is 123 Å². The molecular formula is C16H18FN3O. The number of amides is 1. The van der Waals surface area contributed by atoms with E-state index in [2.05, 4.69) is 5.32 Å². The summed E-state index contributed by atoms with van der Waals surface area (Å²) in [6, 6.07) is 13.4. The maximum Gasteiger partial charge on any atom is 0.243 e. The highest BCUT2D eigenvalue weighted by molar-refractivity contribution is 5.96. The average molecular weight is 287 g/mol. The average Bonchev–Trinajstić information content (AvgIpc) is 2.48. The van der Waals surface area contributed by atoms with Crippen LogP contribution in [0.5, 0.6) is 0 Å². The smallest absolute Gasteiger partial charge is 0.243 e. The third-order valence-electron chi connectivity index (χ3n) is 3.14. The van der Waals surface area contributed by atoms with E-state index in [9.17, 15) is 9.18 Å². The fraction of sp³-hybridized carbons (Fsp3) is 0.188. The SMILES string of the molecule is CCN(CC(=O)Nc1ccccc1N)c1ccccc1F. The Balaban J connectivity index is 2.07.